The summed E-state index contributed by atoms with van der Waals surface area (Å²) in [7, 11) is 0. The number of alkyl halides is 1. The Morgan fingerprint density at radius 1 is 1.42 bits per heavy atom. The molecule has 1 heterocycles. The van der Waals surface area contributed by atoms with Crippen molar-refractivity contribution in [2.45, 2.75) is 11.4 Å². The third-order valence-electron chi connectivity index (χ3n) is 2.65. The Balaban J connectivity index is 2.42. The lowest BCUT2D eigenvalue weighted by molar-refractivity contribution is 0.0883. The van der Waals surface area contributed by atoms with E-state index in [9.17, 15) is 4.79 Å². The minimum atomic E-state index is -1.36. The van der Waals surface area contributed by atoms with Crippen molar-refractivity contribution in [3.63, 3.8) is 0 Å². The summed E-state index contributed by atoms with van der Waals surface area (Å²) in [6.07, 6.45) is 4.54. The van der Waals surface area contributed by atoms with Gasteiger partial charge in [0, 0.05) is 17.0 Å². The predicted molar refractivity (Wildman–Crippen MR) is 74.4 cm³/mol. The molecule has 0 aliphatic carbocycles. The normalized spacial score (nSPS) is 13.8. The first-order chi connectivity index (χ1) is 9.08. The van der Waals surface area contributed by atoms with Gasteiger partial charge < -0.3 is 0 Å². The van der Waals surface area contributed by atoms with Crippen LogP contribution in [-0.4, -0.2) is 20.5 Å². The first-order valence-corrected chi connectivity index (χ1v) is 6.29. The molecule has 0 amide bonds. The number of nitrogens with zero attached hydrogens (tertiary/aromatic N) is 3. The standard InChI is InChI=1S/C13H11Cl2N3O/c1-2-7-13(15,18-9-16-8-17-18)12(19)10-3-5-11(14)6-4-10/h2-6,8-9H,1,7H2. The second kappa shape index (κ2) is 5.55. The van der Waals surface area contributed by atoms with Gasteiger partial charge in [-0.15, -0.1) is 6.58 Å². The molecule has 0 saturated carbocycles. The van der Waals surface area contributed by atoms with E-state index in [2.05, 4.69) is 16.7 Å². The Labute approximate surface area is 120 Å². The van der Waals surface area contributed by atoms with Gasteiger partial charge in [0.2, 0.25) is 10.8 Å². The molecule has 2 aromatic rings. The Bertz CT molecular complexity index is 580. The summed E-state index contributed by atoms with van der Waals surface area (Å²) >= 11 is 12.2. The van der Waals surface area contributed by atoms with Crippen LogP contribution in [0.4, 0.5) is 0 Å². The number of allylic oxidation sites excluding steroid dienone is 1. The van der Waals surface area contributed by atoms with E-state index in [0.29, 0.717) is 10.6 Å². The molecule has 1 atom stereocenters. The fourth-order valence-corrected chi connectivity index (χ4v) is 2.13. The van der Waals surface area contributed by atoms with Crippen LogP contribution >= 0.6 is 23.2 Å². The summed E-state index contributed by atoms with van der Waals surface area (Å²) in [5.41, 5.74) is 0.455. The summed E-state index contributed by atoms with van der Waals surface area (Å²) in [6, 6.07) is 6.53. The Hall–Kier alpha value is -1.65. The van der Waals surface area contributed by atoms with Gasteiger partial charge in [0.1, 0.15) is 12.7 Å². The van der Waals surface area contributed by atoms with Gasteiger partial charge in [0.25, 0.3) is 0 Å². The maximum absolute atomic E-state index is 12.6. The lowest BCUT2D eigenvalue weighted by atomic mass is 10.0. The van der Waals surface area contributed by atoms with Crippen LogP contribution in [-0.2, 0) is 5.00 Å². The van der Waals surface area contributed by atoms with Crippen LogP contribution in [0.3, 0.4) is 0 Å². The van der Waals surface area contributed by atoms with Crippen molar-refractivity contribution in [1.82, 2.24) is 14.8 Å². The molecule has 0 spiro atoms. The maximum atomic E-state index is 12.6. The van der Waals surface area contributed by atoms with Crippen molar-refractivity contribution < 1.29 is 4.79 Å². The quantitative estimate of drug-likeness (QED) is 0.483. The van der Waals surface area contributed by atoms with E-state index in [0.717, 1.165) is 0 Å². The third kappa shape index (κ3) is 2.69. The topological polar surface area (TPSA) is 47.8 Å². The molecule has 98 valence electrons. The fraction of sp³-hybridized carbons (Fsp3) is 0.154. The molecule has 0 N–H and O–H groups in total. The van der Waals surface area contributed by atoms with E-state index < -0.39 is 5.00 Å². The Kier molecular flexibility index (Phi) is 4.02. The molecule has 0 saturated heterocycles. The SMILES string of the molecule is C=CCC(Cl)(C(=O)c1ccc(Cl)cc1)n1cncn1. The van der Waals surface area contributed by atoms with Crippen LogP contribution in [0.25, 0.3) is 0 Å². The second-order valence-corrected chi connectivity index (χ2v) is 4.99. The smallest absolute Gasteiger partial charge is 0.205 e. The molecule has 19 heavy (non-hydrogen) atoms. The van der Waals surface area contributed by atoms with Gasteiger partial charge in [0.15, 0.2) is 0 Å². The predicted octanol–water partition coefficient (Wildman–Crippen LogP) is 3.28. The van der Waals surface area contributed by atoms with Crippen LogP contribution in [0, 0.1) is 0 Å². The molecule has 0 fully saturated rings. The lowest BCUT2D eigenvalue weighted by Crippen LogP contribution is -2.36. The third-order valence-corrected chi connectivity index (χ3v) is 3.40. The number of ketones is 1. The average Bonchev–Trinajstić information content (AvgIpc) is 2.93. The zero-order chi connectivity index (χ0) is 13.9. The molecule has 6 heteroatoms. The van der Waals surface area contributed by atoms with E-state index >= 15 is 0 Å². The van der Waals surface area contributed by atoms with Crippen molar-refractivity contribution >= 4 is 29.0 Å². The molecule has 1 aromatic heterocycles. The average molecular weight is 296 g/mol. The molecule has 2 rings (SSSR count). The highest BCUT2D eigenvalue weighted by Crippen LogP contribution is 2.30. The highest BCUT2D eigenvalue weighted by atomic mass is 35.5. The number of carbonyl (C=O) groups excluding carboxylic acids is 1. The van der Waals surface area contributed by atoms with E-state index in [1.54, 1.807) is 30.3 Å². The van der Waals surface area contributed by atoms with Crippen molar-refractivity contribution in [2.24, 2.45) is 0 Å². The minimum absolute atomic E-state index is 0.235. The molecule has 0 aliphatic rings. The molecule has 1 aromatic carbocycles. The first kappa shape index (κ1) is 13.8. The number of benzene rings is 1. The van der Waals surface area contributed by atoms with Gasteiger partial charge in [-0.05, 0) is 24.3 Å². The molecule has 4 nitrogen and oxygen atoms in total. The minimum Gasteiger partial charge on any atom is -0.290 e. The zero-order valence-electron chi connectivity index (χ0n) is 9.96. The van der Waals surface area contributed by atoms with Crippen molar-refractivity contribution in [3.8, 4) is 0 Å². The van der Waals surface area contributed by atoms with Crippen molar-refractivity contribution in [1.29, 1.82) is 0 Å². The molecule has 1 unspecified atom stereocenters. The highest BCUT2D eigenvalue weighted by molar-refractivity contribution is 6.35. The van der Waals surface area contributed by atoms with Gasteiger partial charge in [-0.1, -0.05) is 29.3 Å². The zero-order valence-corrected chi connectivity index (χ0v) is 11.5. The van der Waals surface area contributed by atoms with Gasteiger partial charge >= 0.3 is 0 Å². The Morgan fingerprint density at radius 2 is 2.11 bits per heavy atom. The number of halogens is 2. The number of carbonyl (C=O) groups is 1. The van der Waals surface area contributed by atoms with E-state index in [1.807, 2.05) is 0 Å². The maximum Gasteiger partial charge on any atom is 0.205 e. The number of hydrogen-bond acceptors (Lipinski definition) is 3. The van der Waals surface area contributed by atoms with Crippen LogP contribution < -0.4 is 0 Å². The number of aromatic nitrogens is 3. The van der Waals surface area contributed by atoms with Crippen molar-refractivity contribution in [2.75, 3.05) is 0 Å². The van der Waals surface area contributed by atoms with Crippen LogP contribution in [0.15, 0.2) is 49.6 Å². The molecular formula is C13H11Cl2N3O. The summed E-state index contributed by atoms with van der Waals surface area (Å²) in [4.78, 5) is 15.0. The lowest BCUT2D eigenvalue weighted by Gasteiger charge is -2.24. The molecular weight excluding hydrogens is 285 g/mol. The largest absolute Gasteiger partial charge is 0.290 e. The van der Waals surface area contributed by atoms with Gasteiger partial charge in [-0.25, -0.2) is 9.67 Å². The van der Waals surface area contributed by atoms with Gasteiger partial charge in [0.05, 0.1) is 0 Å². The second-order valence-electron chi connectivity index (χ2n) is 3.93. The summed E-state index contributed by atoms with van der Waals surface area (Å²) in [5, 5.41) is 4.51. The number of Topliss-reactive ketones (excluding diaryl/α,β-unsaturated/α-hetero) is 1. The first-order valence-electron chi connectivity index (χ1n) is 5.53. The molecule has 0 radical (unpaired) electrons. The van der Waals surface area contributed by atoms with E-state index in [-0.39, 0.29) is 12.2 Å². The van der Waals surface area contributed by atoms with Crippen LogP contribution in [0.1, 0.15) is 16.8 Å². The van der Waals surface area contributed by atoms with E-state index in [4.69, 9.17) is 23.2 Å². The van der Waals surface area contributed by atoms with Gasteiger partial charge in [-0.2, -0.15) is 5.10 Å². The monoisotopic (exact) mass is 295 g/mol. The number of hydrogen-bond donors (Lipinski definition) is 0. The van der Waals surface area contributed by atoms with E-state index in [1.165, 1.54) is 17.3 Å². The van der Waals surface area contributed by atoms with Crippen molar-refractivity contribution in [3.05, 3.63) is 60.2 Å². The molecule has 0 bridgehead atoms. The highest BCUT2D eigenvalue weighted by Gasteiger charge is 2.38. The summed E-state index contributed by atoms with van der Waals surface area (Å²) < 4.78 is 1.33. The fourth-order valence-electron chi connectivity index (χ4n) is 1.70. The summed E-state index contributed by atoms with van der Waals surface area (Å²) in [5.74, 6) is -0.281. The Morgan fingerprint density at radius 3 is 2.63 bits per heavy atom. The van der Waals surface area contributed by atoms with Crippen LogP contribution in [0.5, 0.6) is 0 Å². The number of rotatable bonds is 5. The summed E-state index contributed by atoms with van der Waals surface area (Å²) in [6.45, 7) is 3.63. The molecule has 0 aliphatic heterocycles. The van der Waals surface area contributed by atoms with Crippen LogP contribution in [0.2, 0.25) is 5.02 Å². The van der Waals surface area contributed by atoms with Gasteiger partial charge in [-0.3, -0.25) is 4.79 Å².